The molecule has 0 spiro atoms. The van der Waals surface area contributed by atoms with Crippen molar-refractivity contribution >= 4 is 41.7 Å². The van der Waals surface area contributed by atoms with Crippen LogP contribution >= 0.6 is 24.0 Å². The van der Waals surface area contributed by atoms with Crippen molar-refractivity contribution in [2.75, 3.05) is 38.1 Å². The smallest absolute Gasteiger partial charge is 0.222 e. The van der Waals surface area contributed by atoms with E-state index in [0.29, 0.717) is 13.0 Å². The molecule has 2 fully saturated rings. The van der Waals surface area contributed by atoms with Gasteiger partial charge in [-0.1, -0.05) is 25.8 Å². The lowest BCUT2D eigenvalue weighted by Gasteiger charge is -2.21. The maximum absolute atomic E-state index is 11.8. The number of halogens is 1. The fourth-order valence-corrected chi connectivity index (χ4v) is 3.91. The molecule has 1 atom stereocenters. The summed E-state index contributed by atoms with van der Waals surface area (Å²) in [5.74, 6) is 2.08. The number of likely N-dealkylation sites (tertiary alicyclic amines) is 1. The number of aromatic nitrogens is 1. The van der Waals surface area contributed by atoms with Crippen LogP contribution in [-0.2, 0) is 11.3 Å². The second-order valence-electron chi connectivity index (χ2n) is 7.67. The lowest BCUT2D eigenvalue weighted by Crippen LogP contribution is -2.44. The van der Waals surface area contributed by atoms with E-state index in [1.165, 1.54) is 25.7 Å². The van der Waals surface area contributed by atoms with Gasteiger partial charge in [-0.25, -0.2) is 4.98 Å². The third kappa shape index (κ3) is 7.01. The SMILES string of the molecule is CCC(=O)N1CCC(NC(=NC)NCc2ccc(N3CCCCCC3)nc2)C1.I. The van der Waals surface area contributed by atoms with Crippen LogP contribution in [0.1, 0.15) is 51.0 Å². The Balaban J connectivity index is 0.00000300. The fourth-order valence-electron chi connectivity index (χ4n) is 3.91. The van der Waals surface area contributed by atoms with Crippen molar-refractivity contribution in [1.29, 1.82) is 0 Å². The molecule has 3 rings (SSSR count). The summed E-state index contributed by atoms with van der Waals surface area (Å²) >= 11 is 0. The van der Waals surface area contributed by atoms with Gasteiger partial charge in [0, 0.05) is 58.4 Å². The molecule has 2 aliphatic rings. The van der Waals surface area contributed by atoms with Gasteiger partial charge in [0.1, 0.15) is 5.82 Å². The maximum atomic E-state index is 11.8. The van der Waals surface area contributed by atoms with E-state index in [1.54, 1.807) is 7.05 Å². The van der Waals surface area contributed by atoms with Crippen LogP contribution in [0.15, 0.2) is 23.3 Å². The highest BCUT2D eigenvalue weighted by molar-refractivity contribution is 14.0. The third-order valence-corrected chi connectivity index (χ3v) is 5.61. The van der Waals surface area contributed by atoms with Crippen LogP contribution < -0.4 is 15.5 Å². The van der Waals surface area contributed by atoms with Gasteiger partial charge in [-0.05, 0) is 30.9 Å². The van der Waals surface area contributed by atoms with Crippen LogP contribution in [0.3, 0.4) is 0 Å². The van der Waals surface area contributed by atoms with Crippen molar-refractivity contribution in [2.24, 2.45) is 4.99 Å². The van der Waals surface area contributed by atoms with Crippen LogP contribution in [0, 0.1) is 0 Å². The molecule has 0 aliphatic carbocycles. The molecular weight excluding hydrogens is 479 g/mol. The summed E-state index contributed by atoms with van der Waals surface area (Å²) in [6.45, 7) is 6.38. The Morgan fingerprint density at radius 2 is 1.97 bits per heavy atom. The largest absolute Gasteiger partial charge is 0.357 e. The number of nitrogens with one attached hydrogen (secondary N) is 2. The summed E-state index contributed by atoms with van der Waals surface area (Å²) in [6, 6.07) is 4.53. The van der Waals surface area contributed by atoms with Gasteiger partial charge < -0.3 is 20.4 Å². The van der Waals surface area contributed by atoms with Crippen molar-refractivity contribution in [3.8, 4) is 0 Å². The molecule has 0 radical (unpaired) electrons. The molecule has 2 aliphatic heterocycles. The van der Waals surface area contributed by atoms with Gasteiger partial charge in [-0.3, -0.25) is 9.79 Å². The van der Waals surface area contributed by atoms with Crippen molar-refractivity contribution in [3.05, 3.63) is 23.9 Å². The van der Waals surface area contributed by atoms with E-state index in [9.17, 15) is 4.79 Å². The Morgan fingerprint density at radius 1 is 1.21 bits per heavy atom. The Hall–Kier alpha value is -1.58. The van der Waals surface area contributed by atoms with E-state index in [2.05, 4.69) is 37.6 Å². The minimum Gasteiger partial charge on any atom is -0.357 e. The first-order valence-corrected chi connectivity index (χ1v) is 10.6. The number of guanidine groups is 1. The van der Waals surface area contributed by atoms with Crippen LogP contribution in [0.25, 0.3) is 0 Å². The average Bonchev–Trinajstić information content (AvgIpc) is 3.03. The quantitative estimate of drug-likeness (QED) is 0.359. The highest BCUT2D eigenvalue weighted by Gasteiger charge is 2.25. The topological polar surface area (TPSA) is 72.9 Å². The molecule has 1 aromatic heterocycles. The summed E-state index contributed by atoms with van der Waals surface area (Å²) in [5, 5.41) is 6.79. The highest BCUT2D eigenvalue weighted by atomic mass is 127. The van der Waals surface area contributed by atoms with E-state index < -0.39 is 0 Å². The summed E-state index contributed by atoms with van der Waals surface area (Å²) in [5.41, 5.74) is 1.13. The number of hydrogen-bond acceptors (Lipinski definition) is 4. The number of carbonyl (C=O) groups is 1. The molecule has 8 heteroatoms. The third-order valence-electron chi connectivity index (χ3n) is 5.61. The molecule has 0 bridgehead atoms. The number of anilines is 1. The van der Waals surface area contributed by atoms with Crippen LogP contribution in [0.4, 0.5) is 5.82 Å². The second kappa shape index (κ2) is 12.2. The average molecular weight is 514 g/mol. The molecule has 0 saturated carbocycles. The zero-order valence-electron chi connectivity index (χ0n) is 17.7. The predicted molar refractivity (Wildman–Crippen MR) is 129 cm³/mol. The van der Waals surface area contributed by atoms with Gasteiger partial charge in [0.2, 0.25) is 5.91 Å². The fraction of sp³-hybridized carbons (Fsp3) is 0.667. The Morgan fingerprint density at radius 3 is 2.59 bits per heavy atom. The maximum Gasteiger partial charge on any atom is 0.222 e. The molecule has 162 valence electrons. The minimum atomic E-state index is 0. The van der Waals surface area contributed by atoms with Crippen molar-refractivity contribution < 1.29 is 4.79 Å². The number of rotatable bonds is 5. The van der Waals surface area contributed by atoms with Crippen LogP contribution in [0.2, 0.25) is 0 Å². The zero-order chi connectivity index (χ0) is 19.8. The summed E-state index contributed by atoms with van der Waals surface area (Å²) in [7, 11) is 1.78. The summed E-state index contributed by atoms with van der Waals surface area (Å²) < 4.78 is 0. The van der Waals surface area contributed by atoms with Crippen LogP contribution in [-0.4, -0.2) is 61.0 Å². The number of pyridine rings is 1. The lowest BCUT2D eigenvalue weighted by molar-refractivity contribution is -0.129. The Kier molecular flexibility index (Phi) is 9.96. The Labute approximate surface area is 191 Å². The second-order valence-corrected chi connectivity index (χ2v) is 7.67. The molecule has 1 amide bonds. The van der Waals surface area contributed by atoms with Gasteiger partial charge in [-0.15, -0.1) is 24.0 Å². The molecular formula is C21H35IN6O. The molecule has 3 heterocycles. The van der Waals surface area contributed by atoms with Crippen molar-refractivity contribution in [3.63, 3.8) is 0 Å². The molecule has 1 aromatic rings. The number of aliphatic imine (C=N–C) groups is 1. The first-order valence-electron chi connectivity index (χ1n) is 10.6. The molecule has 0 aromatic carbocycles. The number of carbonyl (C=O) groups excluding carboxylic acids is 1. The summed E-state index contributed by atoms with van der Waals surface area (Å²) in [4.78, 5) is 25.1. The van der Waals surface area contributed by atoms with Gasteiger partial charge in [0.25, 0.3) is 0 Å². The summed E-state index contributed by atoms with van der Waals surface area (Å²) in [6.07, 6.45) is 8.66. The number of nitrogens with zero attached hydrogens (tertiary/aromatic N) is 4. The lowest BCUT2D eigenvalue weighted by atomic mass is 10.2. The van der Waals surface area contributed by atoms with E-state index in [0.717, 1.165) is 49.9 Å². The molecule has 2 saturated heterocycles. The Bertz CT molecular complexity index is 658. The van der Waals surface area contributed by atoms with Crippen molar-refractivity contribution in [2.45, 2.75) is 58.0 Å². The highest BCUT2D eigenvalue weighted by Crippen LogP contribution is 2.17. The minimum absolute atomic E-state index is 0. The van der Waals surface area contributed by atoms with Gasteiger partial charge in [-0.2, -0.15) is 0 Å². The van der Waals surface area contributed by atoms with E-state index in [1.807, 2.05) is 18.0 Å². The van der Waals surface area contributed by atoms with Gasteiger partial charge >= 0.3 is 0 Å². The first kappa shape index (κ1) is 23.7. The van der Waals surface area contributed by atoms with Gasteiger partial charge in [0.15, 0.2) is 5.96 Å². The van der Waals surface area contributed by atoms with E-state index >= 15 is 0 Å². The number of hydrogen-bond donors (Lipinski definition) is 2. The van der Waals surface area contributed by atoms with E-state index in [-0.39, 0.29) is 35.9 Å². The van der Waals surface area contributed by atoms with E-state index in [4.69, 9.17) is 0 Å². The molecule has 2 N–H and O–H groups in total. The molecule has 29 heavy (non-hydrogen) atoms. The first-order chi connectivity index (χ1) is 13.7. The standard InChI is InChI=1S/C21H34N6O.HI/c1-3-20(28)27-13-10-18(16-27)25-21(22-2)24-15-17-8-9-19(23-14-17)26-11-6-4-5-7-12-26;/h8-9,14,18H,3-7,10-13,15-16H2,1-2H3,(H2,22,24,25);1H. The van der Waals surface area contributed by atoms with Crippen molar-refractivity contribution in [1.82, 2.24) is 20.5 Å². The molecule has 1 unspecified atom stereocenters. The monoisotopic (exact) mass is 514 g/mol. The number of amides is 1. The van der Waals surface area contributed by atoms with Crippen LogP contribution in [0.5, 0.6) is 0 Å². The normalized spacial score (nSPS) is 20.1. The van der Waals surface area contributed by atoms with Gasteiger partial charge in [0.05, 0.1) is 0 Å². The predicted octanol–water partition coefficient (Wildman–Crippen LogP) is 2.76. The zero-order valence-corrected chi connectivity index (χ0v) is 20.0. The molecule has 7 nitrogen and oxygen atoms in total.